The molecule has 0 aliphatic carbocycles. The molecule has 15 heavy (non-hydrogen) atoms. The summed E-state index contributed by atoms with van der Waals surface area (Å²) in [7, 11) is -0.802. The molecule has 1 rings (SSSR count). The van der Waals surface area contributed by atoms with Gasteiger partial charge in [0.05, 0.1) is 0 Å². The van der Waals surface area contributed by atoms with Gasteiger partial charge in [-0.2, -0.15) is 0 Å². The van der Waals surface area contributed by atoms with E-state index in [0.29, 0.717) is 6.54 Å². The molecule has 0 radical (unpaired) electrons. The van der Waals surface area contributed by atoms with Crippen molar-refractivity contribution in [1.82, 2.24) is 9.97 Å². The molecule has 0 fully saturated rings. The first-order chi connectivity index (χ1) is 7.13. The van der Waals surface area contributed by atoms with Crippen molar-refractivity contribution in [1.29, 1.82) is 0 Å². The van der Waals surface area contributed by atoms with Crippen LogP contribution < -0.4 is 5.32 Å². The monoisotopic (exact) mass is 245 g/mol. The quantitative estimate of drug-likeness (QED) is 0.627. The zero-order valence-electron chi connectivity index (χ0n) is 9.06. The number of aromatic nitrogens is 2. The first-order valence-corrected chi connectivity index (χ1v) is 7.40. The first kappa shape index (κ1) is 12.4. The van der Waals surface area contributed by atoms with E-state index in [-0.39, 0.29) is 5.25 Å². The smallest absolute Gasteiger partial charge is 0.130 e. The summed E-state index contributed by atoms with van der Waals surface area (Å²) in [6, 6.07) is 1.88. The molecule has 0 aliphatic rings. The standard InChI is InChI=1S/C9H15N3OS2/c1-7(15(3)13)5-10-8-4-9(14-2)12-6-11-8/h4,6-7H,5H2,1-3H3,(H,10,11,12). The summed E-state index contributed by atoms with van der Waals surface area (Å²) in [5.41, 5.74) is 0. The highest BCUT2D eigenvalue weighted by Crippen LogP contribution is 2.13. The van der Waals surface area contributed by atoms with Crippen molar-refractivity contribution in [2.45, 2.75) is 17.2 Å². The van der Waals surface area contributed by atoms with Crippen molar-refractivity contribution in [3.05, 3.63) is 12.4 Å². The van der Waals surface area contributed by atoms with Crippen LogP contribution in [0.3, 0.4) is 0 Å². The second-order valence-electron chi connectivity index (χ2n) is 3.14. The molecule has 0 saturated carbocycles. The number of nitrogens with one attached hydrogen (secondary N) is 1. The van der Waals surface area contributed by atoms with E-state index in [4.69, 9.17) is 0 Å². The molecular formula is C9H15N3OS2. The van der Waals surface area contributed by atoms with Crippen LogP contribution in [0.25, 0.3) is 0 Å². The fourth-order valence-electron chi connectivity index (χ4n) is 0.913. The Hall–Kier alpha value is -0.620. The van der Waals surface area contributed by atoms with Gasteiger partial charge in [-0.15, -0.1) is 11.8 Å². The Morgan fingerprint density at radius 1 is 1.60 bits per heavy atom. The lowest BCUT2D eigenvalue weighted by molar-refractivity contribution is 0.678. The topological polar surface area (TPSA) is 54.9 Å². The van der Waals surface area contributed by atoms with Crippen LogP contribution in [0.5, 0.6) is 0 Å². The van der Waals surface area contributed by atoms with E-state index in [1.807, 2.05) is 19.2 Å². The summed E-state index contributed by atoms with van der Waals surface area (Å²) in [5.74, 6) is 0.784. The van der Waals surface area contributed by atoms with Gasteiger partial charge in [0.1, 0.15) is 17.2 Å². The minimum Gasteiger partial charge on any atom is -0.369 e. The molecule has 4 nitrogen and oxygen atoms in total. The second kappa shape index (κ2) is 6.07. The summed E-state index contributed by atoms with van der Waals surface area (Å²) in [6.45, 7) is 2.60. The number of hydrogen-bond donors (Lipinski definition) is 1. The van der Waals surface area contributed by atoms with E-state index >= 15 is 0 Å². The molecule has 1 N–H and O–H groups in total. The van der Waals surface area contributed by atoms with Crippen LogP contribution in [-0.2, 0) is 10.8 Å². The van der Waals surface area contributed by atoms with Gasteiger partial charge in [0.2, 0.25) is 0 Å². The number of anilines is 1. The SMILES string of the molecule is CSc1cc(NCC(C)S(C)=O)ncn1. The van der Waals surface area contributed by atoms with Crippen LogP contribution in [-0.4, -0.2) is 38.5 Å². The Bertz CT molecular complexity index is 346. The lowest BCUT2D eigenvalue weighted by atomic mass is 10.4. The fourth-order valence-corrected chi connectivity index (χ4v) is 1.61. The maximum absolute atomic E-state index is 11.1. The minimum absolute atomic E-state index is 0.123. The van der Waals surface area contributed by atoms with Crippen molar-refractivity contribution >= 4 is 28.4 Å². The van der Waals surface area contributed by atoms with Gasteiger partial charge in [-0.1, -0.05) is 0 Å². The molecule has 1 aromatic heterocycles. The van der Waals surface area contributed by atoms with Crippen LogP contribution in [0.1, 0.15) is 6.92 Å². The van der Waals surface area contributed by atoms with Crippen molar-refractivity contribution in [3.8, 4) is 0 Å². The Morgan fingerprint density at radius 2 is 2.33 bits per heavy atom. The van der Waals surface area contributed by atoms with Gasteiger partial charge < -0.3 is 5.32 Å². The third-order valence-corrected chi connectivity index (χ3v) is 3.93. The molecule has 84 valence electrons. The second-order valence-corrected chi connectivity index (χ2v) is 5.76. The van der Waals surface area contributed by atoms with E-state index < -0.39 is 10.8 Å². The van der Waals surface area contributed by atoms with Gasteiger partial charge in [-0.25, -0.2) is 9.97 Å². The zero-order valence-corrected chi connectivity index (χ0v) is 10.7. The molecule has 6 heteroatoms. The van der Waals surface area contributed by atoms with Crippen molar-refractivity contribution < 1.29 is 4.21 Å². The highest BCUT2D eigenvalue weighted by Gasteiger charge is 2.06. The predicted molar refractivity (Wildman–Crippen MR) is 65.8 cm³/mol. The maximum Gasteiger partial charge on any atom is 0.130 e. The maximum atomic E-state index is 11.1. The predicted octanol–water partition coefficient (Wildman–Crippen LogP) is 1.38. The molecule has 0 bridgehead atoms. The number of thioether (sulfide) groups is 1. The molecule has 2 atom stereocenters. The summed E-state index contributed by atoms with van der Waals surface area (Å²) in [6.07, 6.45) is 5.21. The molecule has 1 aromatic rings. The van der Waals surface area contributed by atoms with Gasteiger partial charge in [-0.05, 0) is 13.2 Å². The van der Waals surface area contributed by atoms with E-state index in [2.05, 4.69) is 15.3 Å². The van der Waals surface area contributed by atoms with E-state index in [9.17, 15) is 4.21 Å². The third kappa shape index (κ3) is 4.17. The molecular weight excluding hydrogens is 230 g/mol. The Balaban J connectivity index is 2.53. The average Bonchev–Trinajstić information content (AvgIpc) is 2.26. The highest BCUT2D eigenvalue weighted by atomic mass is 32.2. The number of hydrogen-bond acceptors (Lipinski definition) is 5. The van der Waals surface area contributed by atoms with Gasteiger partial charge in [0.25, 0.3) is 0 Å². The van der Waals surface area contributed by atoms with E-state index in [1.165, 1.54) is 6.33 Å². The first-order valence-electron chi connectivity index (χ1n) is 4.55. The summed E-state index contributed by atoms with van der Waals surface area (Å²) >= 11 is 1.57. The normalized spacial score (nSPS) is 14.6. The van der Waals surface area contributed by atoms with Crippen LogP contribution in [0.4, 0.5) is 5.82 Å². The molecule has 0 aliphatic heterocycles. The van der Waals surface area contributed by atoms with Crippen LogP contribution in [0.15, 0.2) is 17.4 Å². The minimum atomic E-state index is -0.802. The van der Waals surface area contributed by atoms with Crippen LogP contribution >= 0.6 is 11.8 Å². The Kier molecular flexibility index (Phi) is 5.04. The molecule has 0 saturated heterocycles. The molecule has 2 unspecified atom stereocenters. The summed E-state index contributed by atoms with van der Waals surface area (Å²) in [5, 5.41) is 4.19. The number of rotatable bonds is 5. The van der Waals surface area contributed by atoms with Crippen molar-refractivity contribution in [2.24, 2.45) is 0 Å². The highest BCUT2D eigenvalue weighted by molar-refractivity contribution is 7.98. The Labute approximate surface area is 96.7 Å². The fraction of sp³-hybridized carbons (Fsp3) is 0.556. The van der Waals surface area contributed by atoms with Gasteiger partial charge in [0, 0.05) is 34.9 Å². The molecule has 1 heterocycles. The third-order valence-electron chi connectivity index (χ3n) is 1.99. The van der Waals surface area contributed by atoms with Gasteiger partial charge in [-0.3, -0.25) is 4.21 Å². The number of nitrogens with zero attached hydrogens (tertiary/aromatic N) is 2. The molecule has 0 amide bonds. The van der Waals surface area contributed by atoms with E-state index in [0.717, 1.165) is 10.8 Å². The Morgan fingerprint density at radius 3 is 2.93 bits per heavy atom. The van der Waals surface area contributed by atoms with Crippen molar-refractivity contribution in [2.75, 3.05) is 24.4 Å². The van der Waals surface area contributed by atoms with Crippen LogP contribution in [0, 0.1) is 0 Å². The van der Waals surface area contributed by atoms with Crippen LogP contribution in [0.2, 0.25) is 0 Å². The lowest BCUT2D eigenvalue weighted by Crippen LogP contribution is -2.21. The van der Waals surface area contributed by atoms with Gasteiger partial charge >= 0.3 is 0 Å². The van der Waals surface area contributed by atoms with E-state index in [1.54, 1.807) is 18.0 Å². The zero-order chi connectivity index (χ0) is 11.3. The molecule has 0 spiro atoms. The summed E-state index contributed by atoms with van der Waals surface area (Å²) < 4.78 is 11.1. The largest absolute Gasteiger partial charge is 0.369 e. The summed E-state index contributed by atoms with van der Waals surface area (Å²) in [4.78, 5) is 8.16. The average molecular weight is 245 g/mol. The van der Waals surface area contributed by atoms with Crippen molar-refractivity contribution in [3.63, 3.8) is 0 Å². The molecule has 0 aromatic carbocycles. The van der Waals surface area contributed by atoms with Gasteiger partial charge in [0.15, 0.2) is 0 Å². The lowest BCUT2D eigenvalue weighted by Gasteiger charge is -2.10.